The third kappa shape index (κ3) is 46.7. The lowest BCUT2D eigenvalue weighted by Gasteiger charge is -2.31. The summed E-state index contributed by atoms with van der Waals surface area (Å²) in [6, 6.07) is -18.4. The molecular formula is C94H148N22O31. The van der Waals surface area contributed by atoms with Crippen molar-refractivity contribution in [1.82, 2.24) is 84.7 Å². The molecule has 0 bridgehead atoms. The number of amides is 18. The van der Waals surface area contributed by atoms with E-state index in [1.165, 1.54) is 69.3 Å². The number of nitrogens with two attached hydrogens (primary N) is 6. The molecule has 147 heavy (non-hydrogen) atoms. The highest BCUT2D eigenvalue weighted by Gasteiger charge is 2.44. The second-order valence-corrected chi connectivity index (χ2v) is 37.3. The van der Waals surface area contributed by atoms with Gasteiger partial charge in [-0.2, -0.15) is 0 Å². The van der Waals surface area contributed by atoms with Crippen molar-refractivity contribution in [2.24, 2.45) is 58.1 Å². The highest BCUT2D eigenvalue weighted by Crippen LogP contribution is 2.24. The Labute approximate surface area is 849 Å². The average molecular weight is 2080 g/mol. The van der Waals surface area contributed by atoms with Crippen LogP contribution in [-0.4, -0.2) is 317 Å². The van der Waals surface area contributed by atoms with Crippen LogP contribution in [0.4, 0.5) is 0 Å². The first-order valence-corrected chi connectivity index (χ1v) is 48.7. The van der Waals surface area contributed by atoms with Gasteiger partial charge in [0.1, 0.15) is 108 Å². The Morgan fingerprint density at radius 1 is 0.354 bits per heavy atom. The van der Waals surface area contributed by atoms with Gasteiger partial charge in [-0.15, -0.1) is 0 Å². The summed E-state index contributed by atoms with van der Waals surface area (Å²) in [7, 11) is 0. The molecule has 2 aromatic carbocycles. The van der Waals surface area contributed by atoms with Crippen molar-refractivity contribution in [3.8, 4) is 11.5 Å². The van der Waals surface area contributed by atoms with Crippen LogP contribution < -0.4 is 114 Å². The summed E-state index contributed by atoms with van der Waals surface area (Å²) in [6.45, 7) is 11.5. The van der Waals surface area contributed by atoms with Gasteiger partial charge in [0, 0.05) is 38.6 Å². The number of aliphatic carboxylic acids is 5. The van der Waals surface area contributed by atoms with E-state index >= 15 is 0 Å². The highest BCUT2D eigenvalue weighted by atomic mass is 16.4. The first-order valence-electron chi connectivity index (χ1n) is 48.7. The van der Waals surface area contributed by atoms with Crippen LogP contribution in [0.2, 0.25) is 0 Å². The number of nitrogens with zero attached hydrogens (tertiary/aromatic N) is 1. The molecule has 1 saturated heterocycles. The first-order chi connectivity index (χ1) is 69.2. The Morgan fingerprint density at radius 3 is 1.07 bits per heavy atom. The second kappa shape index (κ2) is 65.2. The molecule has 0 saturated carbocycles. The summed E-state index contributed by atoms with van der Waals surface area (Å²) in [4.78, 5) is 316. The molecule has 0 aromatic heterocycles. The molecule has 0 aliphatic carbocycles. The van der Waals surface area contributed by atoms with Crippen LogP contribution in [0.25, 0.3) is 0 Å². The fourth-order valence-electron chi connectivity index (χ4n) is 15.5. The Morgan fingerprint density at radius 2 is 0.673 bits per heavy atom. The molecule has 53 nitrogen and oxygen atoms in total. The third-order valence-electron chi connectivity index (χ3n) is 23.7. The lowest BCUT2D eigenvalue weighted by atomic mass is 9.96. The molecular weight excluding hydrogens is 1930 g/mol. The number of likely N-dealkylation sites (tertiary alicyclic amines) is 1. The van der Waals surface area contributed by atoms with Crippen molar-refractivity contribution in [2.45, 2.75) is 319 Å². The van der Waals surface area contributed by atoms with Gasteiger partial charge >= 0.3 is 29.8 Å². The molecule has 0 radical (unpaired) electrons. The van der Waals surface area contributed by atoms with Crippen molar-refractivity contribution in [1.29, 1.82) is 0 Å². The number of carboxylic acids is 5. The highest BCUT2D eigenvalue weighted by molar-refractivity contribution is 6.03. The number of unbranched alkanes of at least 4 members (excludes halogenated alkanes) is 3. The van der Waals surface area contributed by atoms with Gasteiger partial charge in [-0.25, -0.2) is 4.79 Å². The second-order valence-electron chi connectivity index (χ2n) is 37.3. The molecule has 3 rings (SSSR count). The molecule has 2 aromatic rings. The van der Waals surface area contributed by atoms with Crippen LogP contribution in [0.15, 0.2) is 48.5 Å². The Hall–Kier alpha value is -14.3. The molecule has 18 atom stereocenters. The van der Waals surface area contributed by atoms with Gasteiger partial charge in [0.25, 0.3) is 0 Å². The molecule has 820 valence electrons. The summed E-state index contributed by atoms with van der Waals surface area (Å²) in [5.74, 6) is -30.6. The molecule has 0 unspecified atom stereocenters. The normalized spacial score (nSPS) is 15.7. The van der Waals surface area contributed by atoms with Crippen LogP contribution in [-0.2, 0) is 123 Å². The topological polar surface area (TPSA) is 894 Å². The van der Waals surface area contributed by atoms with Crippen LogP contribution in [0.5, 0.6) is 11.5 Å². The fourth-order valence-corrected chi connectivity index (χ4v) is 15.5. The molecule has 1 aliphatic rings. The van der Waals surface area contributed by atoms with Crippen molar-refractivity contribution in [3.63, 3.8) is 0 Å². The predicted molar refractivity (Wildman–Crippen MR) is 522 cm³/mol. The fraction of sp³-hybridized carbons (Fsp3) is 0.628. The first kappa shape index (κ1) is 127. The minimum Gasteiger partial charge on any atom is -0.508 e. The number of phenolic OH excluding ortho intramolecular Hbond substituents is 2. The van der Waals surface area contributed by atoms with Gasteiger partial charge in [0.05, 0.1) is 31.9 Å². The largest absolute Gasteiger partial charge is 0.508 e. The number of rotatable bonds is 71. The zero-order valence-electron chi connectivity index (χ0n) is 83.8. The Kier molecular flexibility index (Phi) is 56.2. The van der Waals surface area contributed by atoms with E-state index in [1.54, 1.807) is 34.6 Å². The van der Waals surface area contributed by atoms with E-state index < -0.39 is 327 Å². The number of hydrogen-bond acceptors (Lipinski definition) is 30. The van der Waals surface area contributed by atoms with E-state index in [2.05, 4.69) is 79.8 Å². The van der Waals surface area contributed by atoms with Gasteiger partial charge in [0.2, 0.25) is 106 Å². The van der Waals surface area contributed by atoms with Gasteiger partial charge in [-0.05, 0) is 181 Å². The molecule has 1 fully saturated rings. The molecule has 1 heterocycles. The van der Waals surface area contributed by atoms with E-state index in [9.17, 15) is 151 Å². The minimum absolute atomic E-state index is 0.000908. The standard InChI is InChI=1S/C94H148N22O31/c1-9-50(8)77(115-83(135)60(30-33-73(124)125)103-89(141)68(46-117)113-85(137)63(40-48(4)5)108-87(139)66(45-75(128)129)111-90(142)69-20-16-38-116(69)93(145)67(42-52-23-27-54(119)28-24-52)112-84(136)62(39-47(2)3)107-78(130)55(98)43-70(99)120)92(144)105-57(18-11-14-36-96)80(132)101-56(17-10-13-35-95)79(131)102-59(29-32-72(122)123)82(134)109-64(41-51-21-25-53(118)26-22-51)86(138)110-65(44-71(100)121)88(140)114-76(49(6)7)91(143)104-58(19-12-15-37-97)81(133)106-61(94(146)147)31-34-74(126)127/h21-28,47-50,55-69,76-77,117-119H,9-20,29-46,95-98H2,1-8H3,(H2,99,120)(H2,100,121)(H,101,132)(H,102,131)(H,103,141)(H,104,143)(H,105,144)(H,106,133)(H,107,130)(H,108,139)(H,109,134)(H,110,138)(H,111,142)(H,112,136)(H,113,137)(H,114,140)(H,115,135)(H,122,123)(H,124,125)(H,126,127)(H,128,129)(H,146,147)/t50-,55-,56-,57-,58-,59-,60-,61-,62-,63-,64-,65-,66-,67-,68-,69-,76-,77-/m0/s1. The number of aliphatic hydroxyl groups is 1. The van der Waals surface area contributed by atoms with E-state index in [0.29, 0.717) is 12.0 Å². The number of nitrogens with one attached hydrogen (secondary N) is 15. The van der Waals surface area contributed by atoms with Gasteiger partial charge < -0.3 is 160 Å². The number of hydrogen-bond donors (Lipinski definition) is 29. The zero-order chi connectivity index (χ0) is 111. The number of carbonyl (C=O) groups excluding carboxylic acids is 18. The van der Waals surface area contributed by atoms with E-state index in [-0.39, 0.29) is 139 Å². The number of primary amides is 2. The van der Waals surface area contributed by atoms with Crippen molar-refractivity contribution in [3.05, 3.63) is 59.7 Å². The van der Waals surface area contributed by atoms with E-state index in [1.807, 2.05) is 0 Å². The van der Waals surface area contributed by atoms with E-state index in [0.717, 1.165) is 4.90 Å². The number of carbonyl (C=O) groups is 23. The maximum atomic E-state index is 14.9. The SMILES string of the molecule is CC[C@H](C)[C@H](NC(=O)[C@H](CCC(=O)O)NC(=O)[C@H](CO)NC(=O)[C@H](CC(C)C)NC(=O)[C@H](CC(=O)O)NC(=O)[C@@H]1CCCN1C(=O)[C@H](Cc1ccc(O)cc1)NC(=O)[C@H](CC(C)C)NC(=O)[C@@H](N)CC(N)=O)C(=O)N[C@@H](CCCCN)C(=O)N[C@@H](CCCCN)C(=O)N[C@@H](CCC(=O)O)C(=O)N[C@@H](Cc1ccc(O)cc1)C(=O)N[C@@H](CC(N)=O)C(=O)N[C@H](C(=O)N[C@@H](CCCCN)C(=O)N[C@@H](CCC(=O)O)C(=O)O)C(C)C. The summed E-state index contributed by atoms with van der Waals surface area (Å²) in [5.41, 5.74) is 34.7. The maximum absolute atomic E-state index is 14.9. The monoisotopic (exact) mass is 2080 g/mol. The zero-order valence-corrected chi connectivity index (χ0v) is 83.8. The van der Waals surface area contributed by atoms with Crippen molar-refractivity contribution in [2.75, 3.05) is 32.8 Å². The Bertz CT molecular complexity index is 4820. The number of phenols is 2. The summed E-state index contributed by atoms with van der Waals surface area (Å²) >= 11 is 0. The third-order valence-corrected chi connectivity index (χ3v) is 23.7. The van der Waals surface area contributed by atoms with Gasteiger partial charge in [-0.1, -0.05) is 86.1 Å². The number of aromatic hydroxyl groups is 2. The average Bonchev–Trinajstić information content (AvgIpc) is 1.70. The summed E-state index contributed by atoms with van der Waals surface area (Å²) in [5, 5.41) is 116. The maximum Gasteiger partial charge on any atom is 0.326 e. The number of aliphatic hydroxyl groups excluding tert-OH is 1. The smallest absolute Gasteiger partial charge is 0.326 e. The van der Waals surface area contributed by atoms with Crippen molar-refractivity contribution < 1.29 is 151 Å². The Balaban J connectivity index is 2.00. The van der Waals surface area contributed by atoms with Crippen LogP contribution in [0.1, 0.15) is 214 Å². The van der Waals surface area contributed by atoms with Gasteiger partial charge in [-0.3, -0.25) is 105 Å². The molecule has 35 N–H and O–H groups in total. The molecule has 53 heteroatoms. The van der Waals surface area contributed by atoms with Gasteiger partial charge in [0.15, 0.2) is 0 Å². The molecule has 18 amide bonds. The molecule has 1 aliphatic heterocycles. The van der Waals surface area contributed by atoms with E-state index in [4.69, 9.17) is 34.4 Å². The summed E-state index contributed by atoms with van der Waals surface area (Å²) in [6.07, 6.45) is -7.42. The van der Waals surface area contributed by atoms with Crippen LogP contribution in [0, 0.1) is 23.7 Å². The summed E-state index contributed by atoms with van der Waals surface area (Å²) < 4.78 is 0. The van der Waals surface area contributed by atoms with Crippen LogP contribution >= 0.6 is 0 Å². The van der Waals surface area contributed by atoms with Crippen LogP contribution in [0.3, 0.4) is 0 Å². The number of benzene rings is 2. The lowest BCUT2D eigenvalue weighted by Crippen LogP contribution is -2.62. The predicted octanol–water partition coefficient (Wildman–Crippen LogP) is -6.45. The lowest BCUT2D eigenvalue weighted by molar-refractivity contribution is -0.144. The van der Waals surface area contributed by atoms with Crippen molar-refractivity contribution >= 4 is 136 Å². The quantitative estimate of drug-likeness (QED) is 0.0274. The minimum atomic E-state index is -2.05. The number of carboxylic acid groups (broad SMARTS) is 5. The molecule has 0 spiro atoms.